The summed E-state index contributed by atoms with van der Waals surface area (Å²) in [7, 11) is 0. The van der Waals surface area contributed by atoms with E-state index >= 15 is 0 Å². The van der Waals surface area contributed by atoms with Gasteiger partial charge < -0.3 is 20.7 Å². The Bertz CT molecular complexity index is 773. The van der Waals surface area contributed by atoms with Crippen molar-refractivity contribution in [3.8, 4) is 5.75 Å². The van der Waals surface area contributed by atoms with Crippen molar-refractivity contribution in [2.45, 2.75) is 47.9 Å². The van der Waals surface area contributed by atoms with Crippen LogP contribution in [0.25, 0.3) is 0 Å². The topological polar surface area (TPSA) is 79.5 Å². The van der Waals surface area contributed by atoms with Gasteiger partial charge in [-0.05, 0) is 38.3 Å². The van der Waals surface area contributed by atoms with Gasteiger partial charge in [0.05, 0.1) is 15.6 Å². The van der Waals surface area contributed by atoms with Crippen LogP contribution in [0.4, 0.5) is 4.39 Å². The number of nitrogens with one attached hydrogen (secondary N) is 3. The van der Waals surface area contributed by atoms with Crippen molar-refractivity contribution < 1.29 is 18.7 Å². The Labute approximate surface area is 165 Å². The van der Waals surface area contributed by atoms with Crippen LogP contribution in [-0.4, -0.2) is 46.7 Å². The Balaban J connectivity index is 1.20. The first-order chi connectivity index (χ1) is 12.8. The lowest BCUT2D eigenvalue weighted by Gasteiger charge is -2.70. The Morgan fingerprint density at radius 2 is 2.04 bits per heavy atom. The molecule has 0 aromatic heterocycles. The van der Waals surface area contributed by atoms with E-state index in [4.69, 9.17) is 16.3 Å². The van der Waals surface area contributed by atoms with E-state index in [9.17, 15) is 14.0 Å². The predicted octanol–water partition coefficient (Wildman–Crippen LogP) is 1.82. The van der Waals surface area contributed by atoms with Crippen LogP contribution in [0.2, 0.25) is 5.02 Å². The van der Waals surface area contributed by atoms with Gasteiger partial charge in [0.1, 0.15) is 11.6 Å². The molecule has 1 heterocycles. The highest BCUT2D eigenvalue weighted by Gasteiger charge is 2.69. The third kappa shape index (κ3) is 3.75. The van der Waals surface area contributed by atoms with Crippen LogP contribution in [0, 0.1) is 5.82 Å². The fraction of sp³-hybridized carbons (Fsp3) is 0.556. The van der Waals surface area contributed by atoms with Crippen LogP contribution in [0.15, 0.2) is 18.2 Å². The molecule has 2 amide bonds. The van der Waals surface area contributed by atoms with Gasteiger partial charge in [0, 0.05) is 23.7 Å². The van der Waals surface area contributed by atoms with E-state index < -0.39 is 5.82 Å². The molecule has 1 saturated heterocycles. The van der Waals surface area contributed by atoms with Gasteiger partial charge in [-0.3, -0.25) is 9.59 Å². The first-order valence-electron chi connectivity index (χ1n) is 8.88. The third-order valence-corrected chi connectivity index (χ3v) is 6.93. The van der Waals surface area contributed by atoms with E-state index in [1.165, 1.54) is 12.1 Å². The van der Waals surface area contributed by atoms with E-state index in [2.05, 4.69) is 16.0 Å². The highest BCUT2D eigenvalue weighted by atomic mass is 35.5. The first-order valence-corrected chi connectivity index (χ1v) is 10.2. The number of benzene rings is 1. The summed E-state index contributed by atoms with van der Waals surface area (Å²) in [6.07, 6.45) is 2.23. The SMILES string of the molecule is CC1NCC(C(=O)NC23CC(NC(=O)COc4ccc(Cl)c(F)c4)(C2)C3)S1. The number of halogens is 2. The summed E-state index contributed by atoms with van der Waals surface area (Å²) >= 11 is 7.25. The molecule has 2 bridgehead atoms. The molecular weight excluding hydrogens is 393 g/mol. The molecule has 27 heavy (non-hydrogen) atoms. The van der Waals surface area contributed by atoms with E-state index in [-0.39, 0.29) is 45.5 Å². The van der Waals surface area contributed by atoms with Gasteiger partial charge in [-0.15, -0.1) is 11.8 Å². The maximum Gasteiger partial charge on any atom is 0.258 e. The molecule has 1 aromatic carbocycles. The molecule has 2 atom stereocenters. The van der Waals surface area contributed by atoms with Gasteiger partial charge in [-0.25, -0.2) is 4.39 Å². The van der Waals surface area contributed by atoms with Crippen LogP contribution >= 0.6 is 23.4 Å². The van der Waals surface area contributed by atoms with E-state index in [0.717, 1.165) is 25.3 Å². The predicted molar refractivity (Wildman–Crippen MR) is 101 cm³/mol. The maximum atomic E-state index is 13.4. The number of carbonyl (C=O) groups excluding carboxylic acids is 2. The van der Waals surface area contributed by atoms with E-state index in [0.29, 0.717) is 11.9 Å². The van der Waals surface area contributed by atoms with Crippen LogP contribution in [0.3, 0.4) is 0 Å². The Morgan fingerprint density at radius 1 is 1.33 bits per heavy atom. The van der Waals surface area contributed by atoms with E-state index in [1.807, 2.05) is 6.92 Å². The molecule has 9 heteroatoms. The number of rotatable bonds is 6. The van der Waals surface area contributed by atoms with Gasteiger partial charge in [0.15, 0.2) is 6.61 Å². The average Bonchev–Trinajstić information content (AvgIpc) is 2.99. The number of carbonyl (C=O) groups is 2. The van der Waals surface area contributed by atoms with Gasteiger partial charge in [0.25, 0.3) is 5.91 Å². The minimum atomic E-state index is -0.586. The molecular formula is C18H21ClFN3O3S. The van der Waals surface area contributed by atoms with Crippen molar-refractivity contribution in [1.29, 1.82) is 0 Å². The van der Waals surface area contributed by atoms with Crippen molar-refractivity contribution in [2.24, 2.45) is 0 Å². The molecule has 146 valence electrons. The largest absolute Gasteiger partial charge is 0.484 e. The van der Waals surface area contributed by atoms with E-state index in [1.54, 1.807) is 11.8 Å². The third-order valence-electron chi connectivity index (χ3n) is 5.34. The quantitative estimate of drug-likeness (QED) is 0.663. The first kappa shape index (κ1) is 18.8. The zero-order valence-electron chi connectivity index (χ0n) is 14.8. The Morgan fingerprint density at radius 3 is 2.67 bits per heavy atom. The fourth-order valence-corrected chi connectivity index (χ4v) is 5.39. The summed E-state index contributed by atoms with van der Waals surface area (Å²) in [5.41, 5.74) is -0.412. The monoisotopic (exact) mass is 413 g/mol. The number of thioether (sulfide) groups is 1. The lowest BCUT2D eigenvalue weighted by molar-refractivity contribution is -0.150. The molecule has 6 nitrogen and oxygen atoms in total. The summed E-state index contributed by atoms with van der Waals surface area (Å²) in [5.74, 6) is -0.513. The summed E-state index contributed by atoms with van der Waals surface area (Å²) in [5, 5.41) is 9.64. The average molecular weight is 414 g/mol. The number of hydrogen-bond acceptors (Lipinski definition) is 5. The Kier molecular flexibility index (Phi) is 4.76. The van der Waals surface area contributed by atoms with Gasteiger partial charge in [0.2, 0.25) is 5.91 Å². The van der Waals surface area contributed by atoms with Gasteiger partial charge in [-0.1, -0.05) is 11.6 Å². The minimum absolute atomic E-state index is 0.00857. The molecule has 3 saturated carbocycles. The standard InChI is InChI=1S/C18H21ClFN3O3S/c1-10-21-5-14(27-10)16(25)23-18-7-17(8-18,9-18)22-15(24)6-26-11-2-3-12(19)13(20)4-11/h2-4,10,14,21H,5-9H2,1H3,(H,22,24)(H,23,25). The lowest BCUT2D eigenvalue weighted by Crippen LogP contribution is -2.84. The van der Waals surface area contributed by atoms with Crippen LogP contribution in [0.5, 0.6) is 5.75 Å². The fourth-order valence-electron chi connectivity index (χ4n) is 4.21. The van der Waals surface area contributed by atoms with Crippen molar-refractivity contribution >= 4 is 35.2 Å². The van der Waals surface area contributed by atoms with Crippen molar-refractivity contribution in [3.63, 3.8) is 0 Å². The Hall–Kier alpha value is -1.51. The maximum absolute atomic E-state index is 13.4. The van der Waals surface area contributed by atoms with Crippen molar-refractivity contribution in [2.75, 3.05) is 13.2 Å². The molecule has 2 unspecified atom stereocenters. The molecule has 0 spiro atoms. The highest BCUT2D eigenvalue weighted by Crippen LogP contribution is 2.60. The molecule has 4 fully saturated rings. The summed E-state index contributed by atoms with van der Waals surface area (Å²) < 4.78 is 18.7. The number of ether oxygens (including phenoxy) is 1. The normalized spacial score (nSPS) is 33.6. The van der Waals surface area contributed by atoms with Crippen LogP contribution < -0.4 is 20.7 Å². The highest BCUT2D eigenvalue weighted by molar-refractivity contribution is 8.01. The lowest BCUT2D eigenvalue weighted by atomic mass is 9.44. The summed E-state index contributed by atoms with van der Waals surface area (Å²) in [6, 6.07) is 4.05. The van der Waals surface area contributed by atoms with Crippen LogP contribution in [-0.2, 0) is 9.59 Å². The zero-order chi connectivity index (χ0) is 19.2. The molecule has 3 N–H and O–H groups in total. The zero-order valence-corrected chi connectivity index (χ0v) is 16.4. The summed E-state index contributed by atoms with van der Waals surface area (Å²) in [4.78, 5) is 24.5. The molecule has 3 aliphatic carbocycles. The second kappa shape index (κ2) is 6.83. The number of amides is 2. The molecule has 1 aromatic rings. The molecule has 5 rings (SSSR count). The summed E-state index contributed by atoms with van der Waals surface area (Å²) in [6.45, 7) is 2.55. The number of hydrogen-bond donors (Lipinski definition) is 3. The smallest absolute Gasteiger partial charge is 0.258 e. The van der Waals surface area contributed by atoms with Crippen molar-refractivity contribution in [3.05, 3.63) is 29.0 Å². The van der Waals surface area contributed by atoms with Gasteiger partial charge in [-0.2, -0.15) is 0 Å². The van der Waals surface area contributed by atoms with Gasteiger partial charge >= 0.3 is 0 Å². The second-order valence-electron chi connectivity index (χ2n) is 7.67. The second-order valence-corrected chi connectivity index (χ2v) is 9.62. The van der Waals surface area contributed by atoms with Crippen LogP contribution in [0.1, 0.15) is 26.2 Å². The minimum Gasteiger partial charge on any atom is -0.484 e. The molecule has 0 radical (unpaired) electrons. The molecule has 4 aliphatic rings. The van der Waals surface area contributed by atoms with Crippen molar-refractivity contribution in [1.82, 2.24) is 16.0 Å². The molecule has 1 aliphatic heterocycles.